The van der Waals surface area contributed by atoms with Gasteiger partial charge in [-0.2, -0.15) is 0 Å². The summed E-state index contributed by atoms with van der Waals surface area (Å²) in [5, 5.41) is 3.51. The molecule has 184 valence electrons. The number of aromatic nitrogens is 3. The highest BCUT2D eigenvalue weighted by atomic mass is 19.2. The van der Waals surface area contributed by atoms with Gasteiger partial charge in [-0.3, -0.25) is 23.9 Å². The van der Waals surface area contributed by atoms with Gasteiger partial charge < -0.3 is 10.2 Å². The molecule has 10 heteroatoms. The molecule has 0 saturated heterocycles. The van der Waals surface area contributed by atoms with Crippen molar-refractivity contribution in [2.75, 3.05) is 14.1 Å². The van der Waals surface area contributed by atoms with Gasteiger partial charge in [0.25, 0.3) is 17.4 Å². The van der Waals surface area contributed by atoms with Gasteiger partial charge in [-0.15, -0.1) is 0 Å². The summed E-state index contributed by atoms with van der Waals surface area (Å²) in [5.41, 5.74) is 2.35. The predicted molar refractivity (Wildman–Crippen MR) is 130 cm³/mol. The lowest BCUT2D eigenvalue weighted by Crippen LogP contribution is -2.33. The van der Waals surface area contributed by atoms with Gasteiger partial charge in [0.05, 0.1) is 24.0 Å². The second-order valence-corrected chi connectivity index (χ2v) is 8.51. The van der Waals surface area contributed by atoms with E-state index in [2.05, 4.69) is 15.3 Å². The molecule has 2 aromatic heterocycles. The number of nitrogens with zero attached hydrogens (tertiary/aromatic N) is 4. The van der Waals surface area contributed by atoms with E-state index in [1.54, 1.807) is 26.2 Å². The Hall–Kier alpha value is -4.47. The second-order valence-electron chi connectivity index (χ2n) is 8.51. The highest BCUT2D eigenvalue weighted by Crippen LogP contribution is 2.22. The Morgan fingerprint density at radius 1 is 1.06 bits per heavy atom. The van der Waals surface area contributed by atoms with Crippen LogP contribution in [0.25, 0.3) is 10.9 Å². The van der Waals surface area contributed by atoms with Gasteiger partial charge in [0.1, 0.15) is 5.56 Å². The summed E-state index contributed by atoms with van der Waals surface area (Å²) in [6.45, 7) is 1.92. The standard InChI is InChI=1S/C26H23F2N5O3/c1-15-17(5-7-23-19(15)9-18(11-30-23)25(35)32(2)3)10-31-24(34)20-12-29-14-33(26(20)36)13-16-4-6-21(27)22(28)8-16/h4-9,11-12,14H,10,13H2,1-3H3,(H,31,34). The Labute approximate surface area is 205 Å². The first-order valence-corrected chi connectivity index (χ1v) is 11.0. The fraction of sp³-hybridized carbons (Fsp3) is 0.192. The van der Waals surface area contributed by atoms with E-state index in [0.717, 1.165) is 39.4 Å². The van der Waals surface area contributed by atoms with Crippen LogP contribution in [0, 0.1) is 18.6 Å². The molecule has 0 radical (unpaired) electrons. The number of hydrogen-bond donors (Lipinski definition) is 1. The SMILES string of the molecule is Cc1c(CNC(=O)c2cncn(Cc3ccc(F)c(F)c3)c2=O)ccc2ncc(C(=O)N(C)C)cc12. The molecule has 0 aliphatic rings. The quantitative estimate of drug-likeness (QED) is 0.447. The van der Waals surface area contributed by atoms with Crippen molar-refractivity contribution in [3.05, 3.63) is 105 Å². The van der Waals surface area contributed by atoms with Crippen LogP contribution in [0.4, 0.5) is 8.78 Å². The second kappa shape index (κ2) is 10.0. The predicted octanol–water partition coefficient (Wildman–Crippen LogP) is 3.06. The molecule has 2 heterocycles. The van der Waals surface area contributed by atoms with Crippen LogP contribution in [-0.2, 0) is 13.1 Å². The zero-order chi connectivity index (χ0) is 26.0. The summed E-state index contributed by atoms with van der Waals surface area (Å²) in [6.07, 6.45) is 3.92. The normalized spacial score (nSPS) is 10.9. The third-order valence-corrected chi connectivity index (χ3v) is 5.82. The van der Waals surface area contributed by atoms with Crippen molar-refractivity contribution in [2.24, 2.45) is 0 Å². The third kappa shape index (κ3) is 4.97. The molecule has 0 unspecified atom stereocenters. The molecule has 0 bridgehead atoms. The minimum Gasteiger partial charge on any atom is -0.348 e. The van der Waals surface area contributed by atoms with Gasteiger partial charge in [0.15, 0.2) is 11.6 Å². The van der Waals surface area contributed by atoms with E-state index in [4.69, 9.17) is 0 Å². The van der Waals surface area contributed by atoms with Crippen LogP contribution in [-0.4, -0.2) is 45.3 Å². The number of carbonyl (C=O) groups excluding carboxylic acids is 2. The van der Waals surface area contributed by atoms with Crippen molar-refractivity contribution < 1.29 is 18.4 Å². The van der Waals surface area contributed by atoms with Gasteiger partial charge in [0.2, 0.25) is 0 Å². The van der Waals surface area contributed by atoms with E-state index in [-0.39, 0.29) is 24.6 Å². The average Bonchev–Trinajstić information content (AvgIpc) is 2.86. The minimum atomic E-state index is -1.03. The number of carbonyl (C=O) groups is 2. The Bertz CT molecular complexity index is 1550. The molecule has 0 aliphatic carbocycles. The molecular formula is C26H23F2N5O3. The number of pyridine rings is 1. The molecule has 36 heavy (non-hydrogen) atoms. The highest BCUT2D eigenvalue weighted by molar-refractivity contribution is 5.98. The van der Waals surface area contributed by atoms with E-state index in [1.807, 2.05) is 13.0 Å². The summed E-state index contributed by atoms with van der Waals surface area (Å²) in [4.78, 5) is 47.7. The first kappa shape index (κ1) is 24.6. The van der Waals surface area contributed by atoms with Crippen LogP contribution < -0.4 is 10.9 Å². The van der Waals surface area contributed by atoms with Crippen LogP contribution in [0.1, 0.15) is 37.4 Å². The largest absolute Gasteiger partial charge is 0.348 e. The zero-order valence-corrected chi connectivity index (χ0v) is 19.9. The monoisotopic (exact) mass is 491 g/mol. The maximum Gasteiger partial charge on any atom is 0.266 e. The summed E-state index contributed by atoms with van der Waals surface area (Å²) < 4.78 is 27.8. The van der Waals surface area contributed by atoms with Gasteiger partial charge >= 0.3 is 0 Å². The van der Waals surface area contributed by atoms with Crippen LogP contribution in [0.3, 0.4) is 0 Å². The fourth-order valence-electron chi connectivity index (χ4n) is 3.78. The van der Waals surface area contributed by atoms with Gasteiger partial charge in [-0.05, 0) is 47.9 Å². The number of nitrogens with one attached hydrogen (secondary N) is 1. The van der Waals surface area contributed by atoms with Crippen molar-refractivity contribution >= 4 is 22.7 Å². The molecular weight excluding hydrogens is 468 g/mol. The molecule has 0 spiro atoms. The van der Waals surface area contributed by atoms with E-state index in [0.29, 0.717) is 16.6 Å². The van der Waals surface area contributed by atoms with Crippen molar-refractivity contribution in [1.29, 1.82) is 0 Å². The van der Waals surface area contributed by atoms with Gasteiger partial charge in [-0.25, -0.2) is 13.8 Å². The molecule has 0 aliphatic heterocycles. The van der Waals surface area contributed by atoms with Gasteiger partial charge in [0, 0.05) is 38.4 Å². The molecule has 4 aromatic rings. The number of rotatable bonds is 6. The Morgan fingerprint density at radius 3 is 2.56 bits per heavy atom. The fourth-order valence-corrected chi connectivity index (χ4v) is 3.78. The summed E-state index contributed by atoms with van der Waals surface area (Å²) in [7, 11) is 3.32. The van der Waals surface area contributed by atoms with Crippen LogP contribution in [0.15, 0.2) is 59.9 Å². The number of aryl methyl sites for hydroxylation is 1. The molecule has 2 amide bonds. The van der Waals surface area contributed by atoms with Crippen LogP contribution in [0.2, 0.25) is 0 Å². The highest BCUT2D eigenvalue weighted by Gasteiger charge is 2.16. The first-order chi connectivity index (χ1) is 17.2. The van der Waals surface area contributed by atoms with Crippen LogP contribution in [0.5, 0.6) is 0 Å². The zero-order valence-electron chi connectivity index (χ0n) is 19.9. The molecule has 0 saturated carbocycles. The number of fused-ring (bicyclic) bond motifs is 1. The number of hydrogen-bond acceptors (Lipinski definition) is 5. The van der Waals surface area contributed by atoms with Crippen molar-refractivity contribution in [1.82, 2.24) is 24.8 Å². The lowest BCUT2D eigenvalue weighted by atomic mass is 10.0. The Kier molecular flexibility index (Phi) is 6.86. The van der Waals surface area contributed by atoms with Crippen LogP contribution >= 0.6 is 0 Å². The smallest absolute Gasteiger partial charge is 0.266 e. The minimum absolute atomic E-state index is 0.0745. The summed E-state index contributed by atoms with van der Waals surface area (Å²) in [5.74, 6) is -2.81. The number of benzene rings is 2. The first-order valence-electron chi connectivity index (χ1n) is 11.0. The topological polar surface area (TPSA) is 97.2 Å². The van der Waals surface area contributed by atoms with Crippen molar-refractivity contribution in [2.45, 2.75) is 20.0 Å². The average molecular weight is 491 g/mol. The van der Waals surface area contributed by atoms with Gasteiger partial charge in [-0.1, -0.05) is 12.1 Å². The van der Waals surface area contributed by atoms with E-state index < -0.39 is 23.1 Å². The summed E-state index contributed by atoms with van der Waals surface area (Å²) >= 11 is 0. The Morgan fingerprint density at radius 2 is 1.83 bits per heavy atom. The van der Waals surface area contributed by atoms with E-state index >= 15 is 0 Å². The molecule has 0 atom stereocenters. The number of halogens is 2. The Balaban J connectivity index is 1.54. The third-order valence-electron chi connectivity index (χ3n) is 5.82. The number of amides is 2. The molecule has 0 fully saturated rings. The lowest BCUT2D eigenvalue weighted by Gasteiger charge is -2.13. The van der Waals surface area contributed by atoms with Crippen molar-refractivity contribution in [3.8, 4) is 0 Å². The van der Waals surface area contributed by atoms with E-state index in [1.165, 1.54) is 23.5 Å². The lowest BCUT2D eigenvalue weighted by molar-refractivity contribution is 0.0827. The molecule has 8 nitrogen and oxygen atoms in total. The molecule has 1 N–H and O–H groups in total. The maximum atomic E-state index is 13.5. The summed E-state index contributed by atoms with van der Waals surface area (Å²) in [6, 6.07) is 8.70. The maximum absolute atomic E-state index is 13.5. The molecule has 4 rings (SSSR count). The molecule has 2 aromatic carbocycles. The van der Waals surface area contributed by atoms with Crippen molar-refractivity contribution in [3.63, 3.8) is 0 Å². The van der Waals surface area contributed by atoms with E-state index in [9.17, 15) is 23.2 Å².